The van der Waals surface area contributed by atoms with Gasteiger partial charge in [0.15, 0.2) is 0 Å². The summed E-state index contributed by atoms with van der Waals surface area (Å²) in [6.07, 6.45) is 3.56. The van der Waals surface area contributed by atoms with Crippen molar-refractivity contribution in [1.29, 1.82) is 0 Å². The lowest BCUT2D eigenvalue weighted by Gasteiger charge is -2.24. The summed E-state index contributed by atoms with van der Waals surface area (Å²) in [5.41, 5.74) is 6.95. The molecule has 0 unspecified atom stereocenters. The molecule has 0 aliphatic carbocycles. The van der Waals surface area contributed by atoms with Gasteiger partial charge in [-0.15, -0.1) is 0 Å². The fourth-order valence-corrected chi connectivity index (χ4v) is 1.52. The molecule has 0 heterocycles. The molecule has 0 spiro atoms. The summed E-state index contributed by atoms with van der Waals surface area (Å²) in [6, 6.07) is 0. The minimum Gasteiger partial charge on any atom is -0.399 e. The molecule has 0 aromatic heterocycles. The van der Waals surface area contributed by atoms with E-state index >= 15 is 0 Å². The van der Waals surface area contributed by atoms with Crippen LogP contribution in [-0.4, -0.2) is 0 Å². The van der Waals surface area contributed by atoms with Crippen LogP contribution in [0.3, 0.4) is 0 Å². The van der Waals surface area contributed by atoms with Crippen LogP contribution >= 0.6 is 0 Å². The zero-order chi connectivity index (χ0) is 13.9. The van der Waals surface area contributed by atoms with Crippen molar-refractivity contribution in [2.24, 2.45) is 16.6 Å². The van der Waals surface area contributed by atoms with E-state index in [4.69, 9.17) is 5.73 Å². The number of halogens is 1. The Morgan fingerprint density at radius 1 is 1.06 bits per heavy atom. The van der Waals surface area contributed by atoms with E-state index in [1.807, 2.05) is 20.8 Å². The van der Waals surface area contributed by atoms with Crippen LogP contribution in [0.5, 0.6) is 0 Å². The summed E-state index contributed by atoms with van der Waals surface area (Å²) in [7, 11) is 0. The van der Waals surface area contributed by atoms with Gasteiger partial charge in [-0.25, -0.2) is 4.39 Å². The second-order valence-corrected chi connectivity index (χ2v) is 6.68. The molecule has 0 bridgehead atoms. The lowest BCUT2D eigenvalue weighted by Crippen LogP contribution is -2.19. The minimum atomic E-state index is -0.324. The molecule has 0 saturated heterocycles. The van der Waals surface area contributed by atoms with Crippen LogP contribution in [0.2, 0.25) is 0 Å². The van der Waals surface area contributed by atoms with Gasteiger partial charge < -0.3 is 5.73 Å². The van der Waals surface area contributed by atoms with Crippen LogP contribution < -0.4 is 5.73 Å². The number of allylic oxidation sites excluding steroid dienone is 4. The molecule has 0 radical (unpaired) electrons. The van der Waals surface area contributed by atoms with Gasteiger partial charge in [0.2, 0.25) is 0 Å². The van der Waals surface area contributed by atoms with E-state index in [0.717, 1.165) is 18.4 Å². The van der Waals surface area contributed by atoms with E-state index in [9.17, 15) is 4.39 Å². The quantitative estimate of drug-likeness (QED) is 0.695. The molecular formula is C15H28FN. The predicted molar refractivity (Wildman–Crippen MR) is 74.2 cm³/mol. The highest BCUT2D eigenvalue weighted by Gasteiger charge is 2.21. The lowest BCUT2D eigenvalue weighted by atomic mass is 9.82. The first kappa shape index (κ1) is 16.2. The van der Waals surface area contributed by atoms with E-state index in [0.29, 0.717) is 5.70 Å². The predicted octanol–water partition coefficient (Wildman–Crippen LogP) is 4.94. The fraction of sp³-hybridized carbons (Fsp3) is 0.733. The van der Waals surface area contributed by atoms with Gasteiger partial charge in [0.05, 0.1) is 0 Å². The summed E-state index contributed by atoms with van der Waals surface area (Å²) >= 11 is 0. The molecule has 0 aliphatic heterocycles. The molecule has 100 valence electrons. The summed E-state index contributed by atoms with van der Waals surface area (Å²) in [6.45, 7) is 14.2. The molecule has 0 aromatic rings. The van der Waals surface area contributed by atoms with Gasteiger partial charge in [0.1, 0.15) is 5.83 Å². The van der Waals surface area contributed by atoms with Gasteiger partial charge in [-0.1, -0.05) is 60.5 Å². The summed E-state index contributed by atoms with van der Waals surface area (Å²) in [5, 5.41) is 0. The first-order valence-corrected chi connectivity index (χ1v) is 6.37. The van der Waals surface area contributed by atoms with E-state index in [-0.39, 0.29) is 16.7 Å². The minimum absolute atomic E-state index is 0.00842. The maximum absolute atomic E-state index is 14.1. The maximum Gasteiger partial charge on any atom is 0.142 e. The molecule has 0 saturated carbocycles. The van der Waals surface area contributed by atoms with Gasteiger partial charge in [0, 0.05) is 11.1 Å². The highest BCUT2D eigenvalue weighted by Crippen LogP contribution is 2.32. The molecule has 0 fully saturated rings. The van der Waals surface area contributed by atoms with Crippen LogP contribution in [0.1, 0.15) is 61.3 Å². The van der Waals surface area contributed by atoms with Crippen molar-refractivity contribution in [3.8, 4) is 0 Å². The first-order chi connectivity index (χ1) is 7.50. The van der Waals surface area contributed by atoms with Gasteiger partial charge in [0.25, 0.3) is 0 Å². The van der Waals surface area contributed by atoms with Gasteiger partial charge in [-0.05, 0) is 17.9 Å². The number of rotatable bonds is 3. The number of hydrogen-bond acceptors (Lipinski definition) is 1. The van der Waals surface area contributed by atoms with Crippen LogP contribution in [0.15, 0.2) is 23.2 Å². The van der Waals surface area contributed by atoms with Crippen molar-refractivity contribution < 1.29 is 4.39 Å². The summed E-state index contributed by atoms with van der Waals surface area (Å²) in [4.78, 5) is 0. The molecular weight excluding hydrogens is 213 g/mol. The van der Waals surface area contributed by atoms with Gasteiger partial charge in [-0.2, -0.15) is 0 Å². The lowest BCUT2D eigenvalue weighted by molar-refractivity contribution is 0.459. The van der Waals surface area contributed by atoms with Crippen molar-refractivity contribution in [2.75, 3.05) is 0 Å². The highest BCUT2D eigenvalue weighted by molar-refractivity contribution is 5.27. The van der Waals surface area contributed by atoms with Crippen molar-refractivity contribution >= 4 is 0 Å². The van der Waals surface area contributed by atoms with Crippen molar-refractivity contribution in [3.05, 3.63) is 23.2 Å². The molecule has 0 atom stereocenters. The van der Waals surface area contributed by atoms with Crippen LogP contribution in [0, 0.1) is 10.8 Å². The van der Waals surface area contributed by atoms with Gasteiger partial charge >= 0.3 is 0 Å². The van der Waals surface area contributed by atoms with E-state index in [1.54, 1.807) is 6.08 Å². The first-order valence-electron chi connectivity index (χ1n) is 6.37. The third kappa shape index (κ3) is 5.38. The van der Waals surface area contributed by atoms with Crippen molar-refractivity contribution in [1.82, 2.24) is 0 Å². The zero-order valence-corrected chi connectivity index (χ0v) is 12.4. The Labute approximate surface area is 106 Å². The monoisotopic (exact) mass is 241 g/mol. The maximum atomic E-state index is 14.1. The van der Waals surface area contributed by atoms with Crippen LogP contribution in [0.4, 0.5) is 4.39 Å². The van der Waals surface area contributed by atoms with Crippen molar-refractivity contribution in [2.45, 2.75) is 61.3 Å². The number of nitrogens with two attached hydrogens (primary N) is 1. The van der Waals surface area contributed by atoms with Gasteiger partial charge in [-0.3, -0.25) is 0 Å². The third-order valence-corrected chi connectivity index (χ3v) is 2.85. The van der Waals surface area contributed by atoms with Crippen LogP contribution in [-0.2, 0) is 0 Å². The number of hydrogen-bond donors (Lipinski definition) is 1. The molecule has 0 aromatic carbocycles. The topological polar surface area (TPSA) is 26.0 Å². The normalized spacial score (nSPS) is 15.9. The molecule has 2 heteroatoms. The fourth-order valence-electron chi connectivity index (χ4n) is 1.52. The molecule has 1 nitrogen and oxygen atoms in total. The summed E-state index contributed by atoms with van der Waals surface area (Å²) < 4.78 is 14.1. The molecule has 0 rings (SSSR count). The second kappa shape index (κ2) is 5.70. The highest BCUT2D eigenvalue weighted by atomic mass is 19.1. The standard InChI is InChI=1S/C15H28FN/c1-8-9-11(14(2,3)4)10-12(16)13(17)15(5,6)7/h10H,8-9,17H2,1-7H3/b11-10+,13-12+. The van der Waals surface area contributed by atoms with Crippen molar-refractivity contribution in [3.63, 3.8) is 0 Å². The average Bonchev–Trinajstić information content (AvgIpc) is 2.12. The third-order valence-electron chi connectivity index (χ3n) is 2.85. The zero-order valence-electron chi connectivity index (χ0n) is 12.4. The summed E-state index contributed by atoms with van der Waals surface area (Å²) in [5.74, 6) is -0.282. The average molecular weight is 241 g/mol. The Morgan fingerprint density at radius 3 is 1.82 bits per heavy atom. The Morgan fingerprint density at radius 2 is 1.53 bits per heavy atom. The molecule has 0 aliphatic rings. The van der Waals surface area contributed by atoms with Crippen LogP contribution in [0.25, 0.3) is 0 Å². The second-order valence-electron chi connectivity index (χ2n) is 6.68. The Kier molecular flexibility index (Phi) is 5.44. The van der Waals surface area contributed by atoms with E-state index in [1.165, 1.54) is 0 Å². The molecule has 0 amide bonds. The Bertz CT molecular complexity index is 311. The largest absolute Gasteiger partial charge is 0.399 e. The Balaban J connectivity index is 5.35. The van der Waals surface area contributed by atoms with E-state index in [2.05, 4.69) is 27.7 Å². The van der Waals surface area contributed by atoms with E-state index < -0.39 is 0 Å². The SMILES string of the molecule is CCC/C(=C\C(F)=C(/N)C(C)(C)C)C(C)(C)C. The molecule has 2 N–H and O–H groups in total. The Hall–Kier alpha value is -0.790. The molecule has 17 heavy (non-hydrogen) atoms. The smallest absolute Gasteiger partial charge is 0.142 e.